The third-order valence-electron chi connectivity index (χ3n) is 3.04. The molecule has 1 unspecified atom stereocenters. The third kappa shape index (κ3) is 2.15. The SMILES string of the molecule is CC(Cc1cc2cccc(Cl)c2n1C)C(=O)O. The van der Waals surface area contributed by atoms with E-state index >= 15 is 0 Å². The summed E-state index contributed by atoms with van der Waals surface area (Å²) in [7, 11) is 1.91. The van der Waals surface area contributed by atoms with Gasteiger partial charge < -0.3 is 9.67 Å². The molecular weight excluding hydrogens is 238 g/mol. The van der Waals surface area contributed by atoms with Crippen LogP contribution in [0.2, 0.25) is 5.02 Å². The molecular formula is C13H14ClNO2. The molecule has 0 aliphatic rings. The van der Waals surface area contributed by atoms with Crippen molar-refractivity contribution in [2.45, 2.75) is 13.3 Å². The first-order chi connectivity index (χ1) is 8.00. The Morgan fingerprint density at radius 1 is 1.53 bits per heavy atom. The number of fused-ring (bicyclic) bond motifs is 1. The van der Waals surface area contributed by atoms with Crippen LogP contribution in [-0.4, -0.2) is 15.6 Å². The lowest BCUT2D eigenvalue weighted by Gasteiger charge is -2.08. The molecule has 1 heterocycles. The fourth-order valence-electron chi connectivity index (χ4n) is 2.02. The molecule has 4 heteroatoms. The van der Waals surface area contributed by atoms with E-state index in [2.05, 4.69) is 0 Å². The zero-order chi connectivity index (χ0) is 12.6. The maximum absolute atomic E-state index is 10.9. The largest absolute Gasteiger partial charge is 0.481 e. The van der Waals surface area contributed by atoms with Gasteiger partial charge in [-0.25, -0.2) is 0 Å². The lowest BCUT2D eigenvalue weighted by atomic mass is 10.1. The normalized spacial score (nSPS) is 12.9. The molecule has 0 aliphatic carbocycles. The summed E-state index contributed by atoms with van der Waals surface area (Å²) in [4.78, 5) is 10.9. The Labute approximate surface area is 105 Å². The van der Waals surface area contributed by atoms with Gasteiger partial charge in [-0.15, -0.1) is 0 Å². The quantitative estimate of drug-likeness (QED) is 0.911. The molecule has 0 saturated heterocycles. The van der Waals surface area contributed by atoms with Crippen molar-refractivity contribution in [2.24, 2.45) is 13.0 Å². The Kier molecular flexibility index (Phi) is 3.11. The van der Waals surface area contributed by atoms with Gasteiger partial charge in [0.2, 0.25) is 0 Å². The van der Waals surface area contributed by atoms with Crippen LogP contribution in [0, 0.1) is 5.92 Å². The zero-order valence-electron chi connectivity index (χ0n) is 9.77. The molecule has 0 radical (unpaired) electrons. The number of aryl methyl sites for hydroxylation is 1. The number of nitrogens with zero attached hydrogens (tertiary/aromatic N) is 1. The van der Waals surface area contributed by atoms with E-state index in [1.54, 1.807) is 6.92 Å². The van der Waals surface area contributed by atoms with Crippen molar-refractivity contribution in [2.75, 3.05) is 0 Å². The smallest absolute Gasteiger partial charge is 0.306 e. The molecule has 0 bridgehead atoms. The van der Waals surface area contributed by atoms with Gasteiger partial charge in [-0.05, 0) is 12.1 Å². The molecule has 0 amide bonds. The molecule has 1 aromatic heterocycles. The van der Waals surface area contributed by atoms with Crippen LogP contribution in [0.4, 0.5) is 0 Å². The number of hydrogen-bond acceptors (Lipinski definition) is 1. The molecule has 1 aromatic carbocycles. The van der Waals surface area contributed by atoms with Gasteiger partial charge in [-0.3, -0.25) is 4.79 Å². The number of aromatic nitrogens is 1. The predicted molar refractivity (Wildman–Crippen MR) is 68.4 cm³/mol. The highest BCUT2D eigenvalue weighted by Crippen LogP contribution is 2.27. The van der Waals surface area contributed by atoms with Crippen molar-refractivity contribution in [3.63, 3.8) is 0 Å². The fourth-order valence-corrected chi connectivity index (χ4v) is 2.33. The minimum Gasteiger partial charge on any atom is -0.481 e. The van der Waals surface area contributed by atoms with Gasteiger partial charge >= 0.3 is 5.97 Å². The number of aliphatic carboxylic acids is 1. The summed E-state index contributed by atoms with van der Waals surface area (Å²) in [5, 5.41) is 10.7. The molecule has 0 spiro atoms. The molecule has 1 N–H and O–H groups in total. The molecule has 90 valence electrons. The summed E-state index contributed by atoms with van der Waals surface area (Å²) in [6.45, 7) is 1.71. The summed E-state index contributed by atoms with van der Waals surface area (Å²) in [5.74, 6) is -1.17. The van der Waals surface area contributed by atoms with Gasteiger partial charge in [0.05, 0.1) is 16.5 Å². The maximum atomic E-state index is 10.9. The highest BCUT2D eigenvalue weighted by atomic mass is 35.5. The summed E-state index contributed by atoms with van der Waals surface area (Å²) >= 11 is 6.14. The second-order valence-electron chi connectivity index (χ2n) is 4.32. The van der Waals surface area contributed by atoms with Crippen molar-refractivity contribution in [1.82, 2.24) is 4.57 Å². The van der Waals surface area contributed by atoms with Crippen molar-refractivity contribution < 1.29 is 9.90 Å². The van der Waals surface area contributed by atoms with Crippen molar-refractivity contribution in [1.29, 1.82) is 0 Å². The fraction of sp³-hybridized carbons (Fsp3) is 0.308. The predicted octanol–water partition coefficient (Wildman–Crippen LogP) is 3.09. The number of hydrogen-bond donors (Lipinski definition) is 1. The highest BCUT2D eigenvalue weighted by molar-refractivity contribution is 6.35. The monoisotopic (exact) mass is 251 g/mol. The third-order valence-corrected chi connectivity index (χ3v) is 3.35. The minimum absolute atomic E-state index is 0.392. The van der Waals surface area contributed by atoms with Gasteiger partial charge in [0.1, 0.15) is 0 Å². The molecule has 2 rings (SSSR count). The number of carboxylic acid groups (broad SMARTS) is 1. The van der Waals surface area contributed by atoms with Crippen LogP contribution >= 0.6 is 11.6 Å². The summed E-state index contributed by atoms with van der Waals surface area (Å²) < 4.78 is 1.97. The van der Waals surface area contributed by atoms with E-state index in [1.807, 2.05) is 35.9 Å². The van der Waals surface area contributed by atoms with E-state index in [9.17, 15) is 4.79 Å². The molecule has 0 aliphatic heterocycles. The van der Waals surface area contributed by atoms with Gasteiger partial charge in [-0.1, -0.05) is 30.7 Å². The number of halogens is 1. The lowest BCUT2D eigenvalue weighted by molar-refractivity contribution is -0.141. The van der Waals surface area contributed by atoms with E-state index in [1.165, 1.54) is 0 Å². The van der Waals surface area contributed by atoms with E-state index < -0.39 is 11.9 Å². The van der Waals surface area contributed by atoms with Crippen LogP contribution in [0.1, 0.15) is 12.6 Å². The molecule has 3 nitrogen and oxygen atoms in total. The van der Waals surface area contributed by atoms with Gasteiger partial charge in [0.15, 0.2) is 0 Å². The zero-order valence-corrected chi connectivity index (χ0v) is 10.5. The second kappa shape index (κ2) is 4.41. The topological polar surface area (TPSA) is 42.2 Å². The number of rotatable bonds is 3. The average Bonchev–Trinajstić information content (AvgIpc) is 2.57. The van der Waals surface area contributed by atoms with Crippen LogP contribution in [0.3, 0.4) is 0 Å². The standard InChI is InChI=1S/C13H14ClNO2/c1-8(13(16)17)6-10-7-9-4-3-5-11(14)12(9)15(10)2/h3-5,7-8H,6H2,1-2H3,(H,16,17). The molecule has 2 aromatic rings. The van der Waals surface area contributed by atoms with Crippen LogP contribution in [-0.2, 0) is 18.3 Å². The first-order valence-corrected chi connectivity index (χ1v) is 5.84. The van der Waals surface area contributed by atoms with Crippen molar-refractivity contribution in [3.05, 3.63) is 35.0 Å². The van der Waals surface area contributed by atoms with Crippen LogP contribution in [0.5, 0.6) is 0 Å². The number of carbonyl (C=O) groups is 1. The Morgan fingerprint density at radius 2 is 2.24 bits per heavy atom. The van der Waals surface area contributed by atoms with Gasteiger partial charge in [-0.2, -0.15) is 0 Å². The molecule has 0 fully saturated rings. The van der Waals surface area contributed by atoms with E-state index in [0.29, 0.717) is 11.4 Å². The first-order valence-electron chi connectivity index (χ1n) is 5.46. The Balaban J connectivity index is 2.46. The number of benzene rings is 1. The van der Waals surface area contributed by atoms with Crippen molar-refractivity contribution in [3.8, 4) is 0 Å². The van der Waals surface area contributed by atoms with Crippen LogP contribution < -0.4 is 0 Å². The van der Waals surface area contributed by atoms with Crippen LogP contribution in [0.15, 0.2) is 24.3 Å². The molecule has 1 atom stereocenters. The Hall–Kier alpha value is -1.48. The minimum atomic E-state index is -0.777. The highest BCUT2D eigenvalue weighted by Gasteiger charge is 2.15. The van der Waals surface area contributed by atoms with Crippen LogP contribution in [0.25, 0.3) is 10.9 Å². The Bertz CT molecular complexity index is 574. The van der Waals surface area contributed by atoms with E-state index in [4.69, 9.17) is 16.7 Å². The second-order valence-corrected chi connectivity index (χ2v) is 4.72. The number of para-hydroxylation sites is 1. The molecule has 17 heavy (non-hydrogen) atoms. The Morgan fingerprint density at radius 3 is 2.82 bits per heavy atom. The van der Waals surface area contributed by atoms with Gasteiger partial charge in [0.25, 0.3) is 0 Å². The van der Waals surface area contributed by atoms with E-state index in [0.717, 1.165) is 16.6 Å². The first kappa shape index (κ1) is 12.0. The number of carboxylic acids is 1. The molecule has 0 saturated carbocycles. The summed E-state index contributed by atoms with van der Waals surface area (Å²) in [5.41, 5.74) is 1.95. The van der Waals surface area contributed by atoms with E-state index in [-0.39, 0.29) is 0 Å². The average molecular weight is 252 g/mol. The maximum Gasteiger partial charge on any atom is 0.306 e. The lowest BCUT2D eigenvalue weighted by Crippen LogP contribution is -2.14. The summed E-state index contributed by atoms with van der Waals surface area (Å²) in [6, 6.07) is 7.72. The van der Waals surface area contributed by atoms with Gasteiger partial charge in [0, 0.05) is 24.5 Å². The summed E-state index contributed by atoms with van der Waals surface area (Å²) in [6.07, 6.45) is 0.511. The van der Waals surface area contributed by atoms with Crippen molar-refractivity contribution >= 4 is 28.5 Å².